The summed E-state index contributed by atoms with van der Waals surface area (Å²) in [4.78, 5) is 4.29. The molecule has 0 aliphatic rings. The molecule has 0 aromatic carbocycles. The van der Waals surface area contributed by atoms with Gasteiger partial charge in [0, 0.05) is 7.05 Å². The molecule has 0 saturated carbocycles. The molecule has 0 amide bonds. The van der Waals surface area contributed by atoms with Gasteiger partial charge in [0.15, 0.2) is 0 Å². The van der Waals surface area contributed by atoms with Crippen LogP contribution in [0.3, 0.4) is 0 Å². The number of nitrogens with one attached hydrogen (secondary N) is 1. The molecule has 0 spiro atoms. The molecule has 7 heteroatoms. The van der Waals surface area contributed by atoms with E-state index in [4.69, 9.17) is 17.5 Å². The van der Waals surface area contributed by atoms with Crippen LogP contribution in [-0.4, -0.2) is 31.7 Å². The van der Waals surface area contributed by atoms with E-state index in [2.05, 4.69) is 10.3 Å². The van der Waals surface area contributed by atoms with Crippen LogP contribution in [0.15, 0.2) is 0 Å². The number of rotatable bonds is 1. The predicted octanol–water partition coefficient (Wildman–Crippen LogP) is -0.886. The first-order chi connectivity index (χ1) is 3.91. The highest BCUT2D eigenvalue weighted by Gasteiger charge is 1.84. The smallest absolute Gasteiger partial charge is 0.305 e. The summed E-state index contributed by atoms with van der Waals surface area (Å²) in [5, 5.41) is 0. The molecule has 0 fully saturated rings. The van der Waals surface area contributed by atoms with E-state index in [9.17, 15) is 0 Å². The van der Waals surface area contributed by atoms with Gasteiger partial charge >= 0.3 is 10.4 Å². The zero-order chi connectivity index (χ0) is 7.91. The fourth-order valence-electron chi connectivity index (χ4n) is 0. The molecule has 0 aliphatic heterocycles. The van der Waals surface area contributed by atoms with Gasteiger partial charge in [-0.25, -0.2) is 5.48 Å². The van der Waals surface area contributed by atoms with Gasteiger partial charge in [-0.15, -0.1) is 0 Å². The van der Waals surface area contributed by atoms with Crippen LogP contribution >= 0.6 is 0 Å². The predicted molar refractivity (Wildman–Crippen MR) is 30.2 cm³/mol. The number of hydrogen-bond acceptors (Lipinski definition) is 4. The maximum atomic E-state index is 8.74. The Morgan fingerprint density at radius 3 is 1.56 bits per heavy atom. The van der Waals surface area contributed by atoms with E-state index in [0.717, 1.165) is 0 Å². The van der Waals surface area contributed by atoms with E-state index in [0.29, 0.717) is 0 Å². The van der Waals surface area contributed by atoms with E-state index in [1.54, 1.807) is 14.2 Å². The van der Waals surface area contributed by atoms with Crippen molar-refractivity contribution in [3.8, 4) is 0 Å². The van der Waals surface area contributed by atoms with Crippen molar-refractivity contribution in [2.24, 2.45) is 0 Å². The summed E-state index contributed by atoms with van der Waals surface area (Å²) >= 11 is 0. The molecule has 0 aliphatic carbocycles. The fraction of sp³-hybridized carbons (Fsp3) is 1.00. The van der Waals surface area contributed by atoms with E-state index in [1.165, 1.54) is 0 Å². The second-order valence-electron chi connectivity index (χ2n) is 0.856. The largest absolute Gasteiger partial charge is 0.394 e. The van der Waals surface area contributed by atoms with Gasteiger partial charge in [-0.1, -0.05) is 0 Å². The van der Waals surface area contributed by atoms with Crippen molar-refractivity contribution in [3.63, 3.8) is 0 Å². The summed E-state index contributed by atoms with van der Waals surface area (Å²) in [6.07, 6.45) is 0. The van der Waals surface area contributed by atoms with Crippen LogP contribution in [0.1, 0.15) is 0 Å². The molecular weight excluding hydrogens is 150 g/mol. The Kier molecular flexibility index (Phi) is 7.61. The third-order valence-electron chi connectivity index (χ3n) is 0.204. The molecule has 0 atom stereocenters. The van der Waals surface area contributed by atoms with E-state index in [1.807, 2.05) is 0 Å². The quantitative estimate of drug-likeness (QED) is 0.339. The first-order valence-corrected chi connectivity index (χ1v) is 3.21. The maximum Gasteiger partial charge on any atom is 0.394 e. The molecule has 0 radical (unpaired) electrons. The minimum absolute atomic E-state index is 1.57. The second-order valence-corrected chi connectivity index (χ2v) is 1.75. The average molecular weight is 159 g/mol. The molecule has 3 N–H and O–H groups in total. The topological polar surface area (TPSA) is 95.9 Å². The Morgan fingerprint density at radius 2 is 1.56 bits per heavy atom. The maximum absolute atomic E-state index is 8.74. The highest BCUT2D eigenvalue weighted by atomic mass is 32.3. The molecular formula is C2H9NO5S. The van der Waals surface area contributed by atoms with Gasteiger partial charge in [-0.05, 0) is 0 Å². The zero-order valence-electron chi connectivity index (χ0n) is 5.03. The third-order valence-corrected chi connectivity index (χ3v) is 0.204. The Balaban J connectivity index is 0. The fourth-order valence-corrected chi connectivity index (χ4v) is 0. The van der Waals surface area contributed by atoms with Gasteiger partial charge in [-0.3, -0.25) is 9.11 Å². The lowest BCUT2D eigenvalue weighted by Gasteiger charge is -1.80. The Morgan fingerprint density at radius 1 is 1.44 bits per heavy atom. The highest BCUT2D eigenvalue weighted by molar-refractivity contribution is 7.79. The molecule has 0 rings (SSSR count). The lowest BCUT2D eigenvalue weighted by molar-refractivity contribution is 0.112. The Labute approximate surface area is 53.4 Å². The van der Waals surface area contributed by atoms with E-state index in [-0.39, 0.29) is 0 Å². The average Bonchev–Trinajstić information content (AvgIpc) is 1.61. The zero-order valence-corrected chi connectivity index (χ0v) is 5.84. The van der Waals surface area contributed by atoms with Crippen molar-refractivity contribution in [1.82, 2.24) is 5.48 Å². The molecule has 0 saturated heterocycles. The van der Waals surface area contributed by atoms with Gasteiger partial charge < -0.3 is 4.84 Å². The third kappa shape index (κ3) is 418. The van der Waals surface area contributed by atoms with Crippen LogP contribution in [0.5, 0.6) is 0 Å². The van der Waals surface area contributed by atoms with Crippen LogP contribution in [0.2, 0.25) is 0 Å². The van der Waals surface area contributed by atoms with Crippen molar-refractivity contribution in [2.75, 3.05) is 14.2 Å². The molecule has 0 bridgehead atoms. The van der Waals surface area contributed by atoms with Crippen molar-refractivity contribution in [3.05, 3.63) is 0 Å². The lowest BCUT2D eigenvalue weighted by atomic mass is 11.5. The molecule has 58 valence electrons. The van der Waals surface area contributed by atoms with Gasteiger partial charge in [0.25, 0.3) is 0 Å². The van der Waals surface area contributed by atoms with Crippen molar-refractivity contribution >= 4 is 10.4 Å². The van der Waals surface area contributed by atoms with Crippen LogP contribution in [0.25, 0.3) is 0 Å². The summed E-state index contributed by atoms with van der Waals surface area (Å²) in [5.74, 6) is 0. The molecule has 6 nitrogen and oxygen atoms in total. The normalized spacial score (nSPS) is 9.78. The lowest BCUT2D eigenvalue weighted by Crippen LogP contribution is -2.00. The van der Waals surface area contributed by atoms with Crippen LogP contribution in [-0.2, 0) is 15.2 Å². The molecule has 0 unspecified atom stereocenters. The first kappa shape index (κ1) is 11.6. The SMILES string of the molecule is CNOC.O=S(=O)(O)O. The monoisotopic (exact) mass is 159 g/mol. The molecule has 0 heterocycles. The second kappa shape index (κ2) is 5.92. The van der Waals surface area contributed by atoms with Crippen molar-refractivity contribution in [1.29, 1.82) is 0 Å². The minimum atomic E-state index is -4.67. The van der Waals surface area contributed by atoms with E-state index >= 15 is 0 Å². The molecule has 9 heavy (non-hydrogen) atoms. The summed E-state index contributed by atoms with van der Waals surface area (Å²) in [5.41, 5.74) is 2.43. The molecule has 0 aromatic rings. The highest BCUT2D eigenvalue weighted by Crippen LogP contribution is 1.59. The standard InChI is InChI=1S/C2H7NO.H2O4S/c1-3-4-2;1-5(2,3)4/h3H,1-2H3;(H2,1,2,3,4). The summed E-state index contributed by atoms with van der Waals surface area (Å²) in [6.45, 7) is 0. The summed E-state index contributed by atoms with van der Waals surface area (Å²) in [7, 11) is -1.39. The van der Waals surface area contributed by atoms with Gasteiger partial charge in [0.05, 0.1) is 7.11 Å². The number of hydroxylamine groups is 1. The van der Waals surface area contributed by atoms with Crippen LogP contribution < -0.4 is 5.48 Å². The van der Waals surface area contributed by atoms with Gasteiger partial charge in [0.1, 0.15) is 0 Å². The van der Waals surface area contributed by atoms with Crippen molar-refractivity contribution in [2.45, 2.75) is 0 Å². The first-order valence-electron chi connectivity index (χ1n) is 1.81. The summed E-state index contributed by atoms with van der Waals surface area (Å²) in [6, 6.07) is 0. The summed E-state index contributed by atoms with van der Waals surface area (Å²) < 4.78 is 31.6. The van der Waals surface area contributed by atoms with Gasteiger partial charge in [-0.2, -0.15) is 8.42 Å². The van der Waals surface area contributed by atoms with Crippen LogP contribution in [0, 0.1) is 0 Å². The molecule has 0 aromatic heterocycles. The van der Waals surface area contributed by atoms with Crippen LogP contribution in [0.4, 0.5) is 0 Å². The van der Waals surface area contributed by atoms with Gasteiger partial charge in [0.2, 0.25) is 0 Å². The number of hydrogen-bond donors (Lipinski definition) is 3. The van der Waals surface area contributed by atoms with E-state index < -0.39 is 10.4 Å². The Hall–Kier alpha value is -0.210. The van der Waals surface area contributed by atoms with Crippen molar-refractivity contribution < 1.29 is 22.4 Å². The Bertz CT molecular complexity index is 118. The minimum Gasteiger partial charge on any atom is -0.305 e.